The molecule has 1 N–H and O–H groups in total. The Kier molecular flexibility index (Phi) is 5.65. The van der Waals surface area contributed by atoms with E-state index in [1.54, 1.807) is 0 Å². The summed E-state index contributed by atoms with van der Waals surface area (Å²) >= 11 is 0. The molecule has 4 heteroatoms. The largest absolute Gasteiger partial charge is 0.481 e. The molecule has 2 rings (SSSR count). The van der Waals surface area contributed by atoms with Gasteiger partial charge in [-0.2, -0.15) is 0 Å². The van der Waals surface area contributed by atoms with Crippen LogP contribution in [0, 0.1) is 11.3 Å². The van der Waals surface area contributed by atoms with E-state index in [2.05, 4.69) is 0 Å². The number of carbonyl (C=O) groups excluding carboxylic acids is 1. The molecule has 0 spiro atoms. The first-order valence-electron chi connectivity index (χ1n) is 8.61. The van der Waals surface area contributed by atoms with Crippen molar-refractivity contribution < 1.29 is 14.7 Å². The third-order valence-electron chi connectivity index (χ3n) is 5.28. The van der Waals surface area contributed by atoms with Crippen LogP contribution in [-0.4, -0.2) is 35.0 Å². The van der Waals surface area contributed by atoms with Crippen LogP contribution in [0.5, 0.6) is 0 Å². The van der Waals surface area contributed by atoms with Crippen LogP contribution in [0.15, 0.2) is 0 Å². The van der Waals surface area contributed by atoms with Crippen molar-refractivity contribution >= 4 is 11.9 Å². The Balaban J connectivity index is 2.05. The van der Waals surface area contributed by atoms with Gasteiger partial charge in [-0.15, -0.1) is 0 Å². The first kappa shape index (κ1) is 16.3. The summed E-state index contributed by atoms with van der Waals surface area (Å²) in [5.74, 6) is -0.361. The third-order valence-corrected chi connectivity index (χ3v) is 5.28. The minimum Gasteiger partial charge on any atom is -0.481 e. The number of nitrogens with zero attached hydrogens (tertiary/aromatic N) is 1. The monoisotopic (exact) mass is 295 g/mol. The summed E-state index contributed by atoms with van der Waals surface area (Å²) < 4.78 is 0. The predicted octanol–water partition coefficient (Wildman–Crippen LogP) is 3.45. The number of carboxylic acids is 1. The summed E-state index contributed by atoms with van der Waals surface area (Å²) in [6, 6.07) is 0. The molecule has 0 aromatic rings. The Morgan fingerprint density at radius 3 is 2.38 bits per heavy atom. The highest BCUT2D eigenvalue weighted by atomic mass is 16.4. The average molecular weight is 295 g/mol. The molecule has 1 aliphatic carbocycles. The van der Waals surface area contributed by atoms with Crippen molar-refractivity contribution in [2.75, 3.05) is 13.1 Å². The zero-order valence-corrected chi connectivity index (χ0v) is 13.3. The normalized spacial score (nSPS) is 28.1. The topological polar surface area (TPSA) is 57.6 Å². The Morgan fingerprint density at radius 1 is 1.14 bits per heavy atom. The summed E-state index contributed by atoms with van der Waals surface area (Å²) in [7, 11) is 0. The molecule has 0 aromatic carbocycles. The lowest BCUT2D eigenvalue weighted by Gasteiger charge is -2.41. The van der Waals surface area contributed by atoms with Gasteiger partial charge in [-0.05, 0) is 32.1 Å². The van der Waals surface area contributed by atoms with Crippen molar-refractivity contribution in [1.82, 2.24) is 4.90 Å². The first-order chi connectivity index (χ1) is 10.1. The van der Waals surface area contributed by atoms with Crippen molar-refractivity contribution in [1.29, 1.82) is 0 Å². The highest BCUT2D eigenvalue weighted by Gasteiger charge is 2.43. The molecule has 4 nitrogen and oxygen atoms in total. The van der Waals surface area contributed by atoms with E-state index < -0.39 is 11.4 Å². The molecule has 2 aliphatic rings. The van der Waals surface area contributed by atoms with Crippen LogP contribution in [0.4, 0.5) is 0 Å². The van der Waals surface area contributed by atoms with E-state index in [1.807, 2.05) is 11.8 Å². The zero-order chi connectivity index (χ0) is 15.3. The molecular formula is C17H29NO3. The lowest BCUT2D eigenvalue weighted by Crippen LogP contribution is -2.51. The molecule has 1 atom stereocenters. The van der Waals surface area contributed by atoms with Crippen LogP contribution < -0.4 is 0 Å². The van der Waals surface area contributed by atoms with E-state index in [1.165, 1.54) is 12.8 Å². The molecule has 21 heavy (non-hydrogen) atoms. The minimum atomic E-state index is -0.720. The van der Waals surface area contributed by atoms with Gasteiger partial charge in [-0.3, -0.25) is 9.59 Å². The number of rotatable bonds is 4. The van der Waals surface area contributed by atoms with E-state index in [0.717, 1.165) is 45.1 Å². The molecule has 1 unspecified atom stereocenters. The van der Waals surface area contributed by atoms with Crippen molar-refractivity contribution in [2.24, 2.45) is 11.3 Å². The SMILES string of the molecule is CCCC1(C(=O)O)CCCN(C(=O)C2CCCCCC2)C1. The van der Waals surface area contributed by atoms with Gasteiger partial charge >= 0.3 is 5.97 Å². The summed E-state index contributed by atoms with van der Waals surface area (Å²) in [5.41, 5.74) is -0.701. The van der Waals surface area contributed by atoms with Gasteiger partial charge in [0.2, 0.25) is 5.91 Å². The quantitative estimate of drug-likeness (QED) is 0.808. The highest BCUT2D eigenvalue weighted by molar-refractivity contribution is 5.81. The molecule has 0 radical (unpaired) electrons. The van der Waals surface area contributed by atoms with Gasteiger partial charge in [0.1, 0.15) is 0 Å². The molecule has 1 amide bonds. The molecule has 1 saturated heterocycles. The second-order valence-corrected chi connectivity index (χ2v) is 6.89. The van der Waals surface area contributed by atoms with Crippen LogP contribution >= 0.6 is 0 Å². The average Bonchev–Trinajstić information content (AvgIpc) is 2.76. The van der Waals surface area contributed by atoms with Gasteiger partial charge in [0.25, 0.3) is 0 Å². The Morgan fingerprint density at radius 2 is 1.81 bits per heavy atom. The highest BCUT2D eigenvalue weighted by Crippen LogP contribution is 2.36. The number of piperidine rings is 1. The van der Waals surface area contributed by atoms with E-state index in [-0.39, 0.29) is 11.8 Å². The van der Waals surface area contributed by atoms with Crippen molar-refractivity contribution in [3.05, 3.63) is 0 Å². The molecule has 0 aromatic heterocycles. The Bertz CT molecular complexity index is 370. The lowest BCUT2D eigenvalue weighted by molar-refractivity contribution is -0.156. The van der Waals surface area contributed by atoms with Crippen LogP contribution in [0.1, 0.15) is 71.1 Å². The Hall–Kier alpha value is -1.06. The van der Waals surface area contributed by atoms with Gasteiger partial charge in [0.15, 0.2) is 0 Å². The van der Waals surface area contributed by atoms with E-state index >= 15 is 0 Å². The maximum absolute atomic E-state index is 12.8. The summed E-state index contributed by atoms with van der Waals surface area (Å²) in [6.07, 6.45) is 9.81. The van der Waals surface area contributed by atoms with Crippen molar-refractivity contribution in [2.45, 2.75) is 71.1 Å². The molecule has 1 heterocycles. The number of carboxylic acid groups (broad SMARTS) is 1. The van der Waals surface area contributed by atoms with Gasteiger partial charge in [0, 0.05) is 19.0 Å². The predicted molar refractivity (Wildman–Crippen MR) is 82.0 cm³/mol. The van der Waals surface area contributed by atoms with Crippen molar-refractivity contribution in [3.63, 3.8) is 0 Å². The number of likely N-dealkylation sites (tertiary alicyclic amines) is 1. The maximum Gasteiger partial charge on any atom is 0.311 e. The van der Waals surface area contributed by atoms with E-state index in [9.17, 15) is 14.7 Å². The summed E-state index contributed by atoms with van der Waals surface area (Å²) in [4.78, 5) is 26.3. The second kappa shape index (κ2) is 7.28. The van der Waals surface area contributed by atoms with Crippen LogP contribution in [-0.2, 0) is 9.59 Å². The molecule has 1 saturated carbocycles. The minimum absolute atomic E-state index is 0.138. The van der Waals surface area contributed by atoms with Gasteiger partial charge in [0.05, 0.1) is 5.41 Å². The molecule has 2 fully saturated rings. The number of hydrogen-bond donors (Lipinski definition) is 1. The van der Waals surface area contributed by atoms with Crippen LogP contribution in [0.25, 0.3) is 0 Å². The zero-order valence-electron chi connectivity index (χ0n) is 13.3. The van der Waals surface area contributed by atoms with Gasteiger partial charge in [-0.25, -0.2) is 0 Å². The summed E-state index contributed by atoms with van der Waals surface area (Å²) in [6.45, 7) is 3.19. The van der Waals surface area contributed by atoms with Gasteiger partial charge < -0.3 is 10.0 Å². The molecular weight excluding hydrogens is 266 g/mol. The fourth-order valence-corrected chi connectivity index (χ4v) is 4.07. The first-order valence-corrected chi connectivity index (χ1v) is 8.61. The van der Waals surface area contributed by atoms with Gasteiger partial charge in [-0.1, -0.05) is 39.0 Å². The molecule has 120 valence electrons. The number of hydrogen-bond acceptors (Lipinski definition) is 2. The van der Waals surface area contributed by atoms with Crippen LogP contribution in [0.2, 0.25) is 0 Å². The molecule has 1 aliphatic heterocycles. The second-order valence-electron chi connectivity index (χ2n) is 6.89. The number of aliphatic carboxylic acids is 1. The smallest absolute Gasteiger partial charge is 0.311 e. The van der Waals surface area contributed by atoms with Crippen LogP contribution in [0.3, 0.4) is 0 Å². The van der Waals surface area contributed by atoms with E-state index in [0.29, 0.717) is 19.4 Å². The fourth-order valence-electron chi connectivity index (χ4n) is 4.07. The standard InChI is InChI=1S/C17H29NO3/c1-2-10-17(16(20)21)11-7-12-18(13-17)15(19)14-8-5-3-4-6-9-14/h14H,2-13H2,1H3,(H,20,21). The third kappa shape index (κ3) is 3.78. The summed E-state index contributed by atoms with van der Waals surface area (Å²) in [5, 5.41) is 9.64. The lowest BCUT2D eigenvalue weighted by atomic mass is 9.76. The van der Waals surface area contributed by atoms with E-state index in [4.69, 9.17) is 0 Å². The number of carbonyl (C=O) groups is 2. The fraction of sp³-hybridized carbons (Fsp3) is 0.882. The van der Waals surface area contributed by atoms with Crippen molar-refractivity contribution in [3.8, 4) is 0 Å². The maximum atomic E-state index is 12.8. The number of amides is 1. The Labute approximate surface area is 127 Å². The molecule has 0 bridgehead atoms.